The number of para-hydroxylation sites is 2. The van der Waals surface area contributed by atoms with Crippen LogP contribution in [0.5, 0.6) is 5.75 Å². The second kappa shape index (κ2) is 10.5. The first-order valence-corrected chi connectivity index (χ1v) is 11.8. The van der Waals surface area contributed by atoms with Gasteiger partial charge in [0, 0.05) is 31.9 Å². The highest BCUT2D eigenvalue weighted by molar-refractivity contribution is 5.97. The van der Waals surface area contributed by atoms with E-state index in [0.29, 0.717) is 45.0 Å². The Morgan fingerprint density at radius 3 is 2.18 bits per heavy atom. The van der Waals surface area contributed by atoms with Gasteiger partial charge in [0.05, 0.1) is 30.2 Å². The fourth-order valence-corrected chi connectivity index (χ4v) is 4.35. The van der Waals surface area contributed by atoms with E-state index in [0.717, 1.165) is 28.4 Å². The second-order valence-electron chi connectivity index (χ2n) is 8.11. The number of ether oxygens (including phenoxy) is 2. The minimum Gasteiger partial charge on any atom is -0.492 e. The fourth-order valence-electron chi connectivity index (χ4n) is 4.35. The zero-order valence-electron chi connectivity index (χ0n) is 20.0. The molecule has 2 amide bonds. The molecule has 3 aromatic rings. The average Bonchev–Trinajstić information content (AvgIpc) is 3.21. The van der Waals surface area contributed by atoms with Gasteiger partial charge in [-0.25, -0.2) is 4.79 Å². The lowest BCUT2D eigenvalue weighted by Crippen LogP contribution is -2.50. The van der Waals surface area contributed by atoms with Crippen molar-refractivity contribution in [3.8, 4) is 22.7 Å². The standard InChI is InChI=1S/C27H31N3O4/c1-4-33-25-14-10-9-13-23(25)30-20(3)22(19-24(30)21-11-7-6-8-12-21)26(31)28-15-17-29(18-16-28)27(32)34-5-2/h6-14,19H,4-5,15-18H2,1-3H3. The van der Waals surface area contributed by atoms with Crippen LogP contribution in [-0.2, 0) is 4.74 Å². The molecule has 7 nitrogen and oxygen atoms in total. The van der Waals surface area contributed by atoms with E-state index in [1.165, 1.54) is 0 Å². The number of aromatic nitrogens is 1. The van der Waals surface area contributed by atoms with Crippen LogP contribution in [0, 0.1) is 6.92 Å². The van der Waals surface area contributed by atoms with Crippen molar-refractivity contribution in [2.24, 2.45) is 0 Å². The lowest BCUT2D eigenvalue weighted by Gasteiger charge is -2.34. The monoisotopic (exact) mass is 461 g/mol. The fraction of sp³-hybridized carbons (Fsp3) is 0.333. The lowest BCUT2D eigenvalue weighted by molar-refractivity contribution is 0.0570. The van der Waals surface area contributed by atoms with Crippen LogP contribution in [0.1, 0.15) is 29.9 Å². The molecule has 2 aromatic carbocycles. The molecule has 1 aliphatic heterocycles. The van der Waals surface area contributed by atoms with Gasteiger partial charge in [0.1, 0.15) is 5.75 Å². The zero-order valence-corrected chi connectivity index (χ0v) is 20.0. The van der Waals surface area contributed by atoms with E-state index in [4.69, 9.17) is 9.47 Å². The van der Waals surface area contributed by atoms with Crippen LogP contribution in [0.2, 0.25) is 0 Å². The molecule has 0 unspecified atom stereocenters. The van der Waals surface area contributed by atoms with Gasteiger partial charge in [0.15, 0.2) is 0 Å². The molecule has 0 spiro atoms. The Kier molecular flexibility index (Phi) is 7.21. The highest BCUT2D eigenvalue weighted by atomic mass is 16.6. The Bertz CT molecular complexity index is 1150. The number of nitrogens with zero attached hydrogens (tertiary/aromatic N) is 3. The van der Waals surface area contributed by atoms with Crippen molar-refractivity contribution in [2.45, 2.75) is 20.8 Å². The number of amides is 2. The van der Waals surface area contributed by atoms with Crippen LogP contribution in [-0.4, -0.2) is 65.8 Å². The summed E-state index contributed by atoms with van der Waals surface area (Å²) in [6, 6.07) is 19.9. The van der Waals surface area contributed by atoms with Gasteiger partial charge in [0.25, 0.3) is 5.91 Å². The van der Waals surface area contributed by atoms with E-state index in [-0.39, 0.29) is 12.0 Å². The number of piperazine rings is 1. The highest BCUT2D eigenvalue weighted by Crippen LogP contribution is 2.34. The molecule has 0 N–H and O–H groups in total. The summed E-state index contributed by atoms with van der Waals surface area (Å²) >= 11 is 0. The third-order valence-electron chi connectivity index (χ3n) is 6.05. The van der Waals surface area contributed by atoms with E-state index in [2.05, 4.69) is 4.57 Å². The van der Waals surface area contributed by atoms with Crippen molar-refractivity contribution in [3.63, 3.8) is 0 Å². The van der Waals surface area contributed by atoms with E-state index in [1.54, 1.807) is 11.8 Å². The van der Waals surface area contributed by atoms with Gasteiger partial charge >= 0.3 is 6.09 Å². The minimum atomic E-state index is -0.323. The molecule has 0 bridgehead atoms. The molecular weight excluding hydrogens is 430 g/mol. The Hall–Kier alpha value is -3.74. The Labute approximate surface area is 200 Å². The SMILES string of the molecule is CCOC(=O)N1CCN(C(=O)c2cc(-c3ccccc3)n(-c3ccccc3OCC)c2C)CC1. The third-order valence-corrected chi connectivity index (χ3v) is 6.05. The number of rotatable bonds is 6. The molecule has 4 rings (SSSR count). The van der Waals surface area contributed by atoms with Gasteiger partial charge in [-0.3, -0.25) is 4.79 Å². The zero-order chi connectivity index (χ0) is 24.1. The molecular formula is C27H31N3O4. The van der Waals surface area contributed by atoms with Gasteiger partial charge in [-0.05, 0) is 44.5 Å². The summed E-state index contributed by atoms with van der Waals surface area (Å²) in [6.45, 7) is 8.48. The Morgan fingerprint density at radius 1 is 0.853 bits per heavy atom. The summed E-state index contributed by atoms with van der Waals surface area (Å²) in [6.07, 6.45) is -0.323. The van der Waals surface area contributed by atoms with Crippen molar-refractivity contribution >= 4 is 12.0 Å². The predicted octanol–water partition coefficient (Wildman–Crippen LogP) is 4.77. The van der Waals surface area contributed by atoms with Crippen LogP contribution in [0.15, 0.2) is 60.7 Å². The largest absolute Gasteiger partial charge is 0.492 e. The Balaban J connectivity index is 1.70. The maximum absolute atomic E-state index is 13.6. The molecule has 1 aromatic heterocycles. The lowest BCUT2D eigenvalue weighted by atomic mass is 10.1. The van der Waals surface area contributed by atoms with Gasteiger partial charge < -0.3 is 23.8 Å². The number of benzene rings is 2. The van der Waals surface area contributed by atoms with Crippen molar-refractivity contribution in [1.82, 2.24) is 14.4 Å². The molecule has 1 aliphatic rings. The van der Waals surface area contributed by atoms with Crippen LogP contribution < -0.4 is 4.74 Å². The van der Waals surface area contributed by atoms with Gasteiger partial charge in [-0.1, -0.05) is 42.5 Å². The van der Waals surface area contributed by atoms with E-state index in [1.807, 2.05) is 79.4 Å². The molecule has 7 heteroatoms. The third kappa shape index (κ3) is 4.64. The predicted molar refractivity (Wildman–Crippen MR) is 132 cm³/mol. The maximum atomic E-state index is 13.6. The molecule has 1 saturated heterocycles. The smallest absolute Gasteiger partial charge is 0.409 e. The average molecular weight is 462 g/mol. The summed E-state index contributed by atoms with van der Waals surface area (Å²) in [5.41, 5.74) is 4.34. The van der Waals surface area contributed by atoms with Crippen molar-refractivity contribution in [3.05, 3.63) is 71.9 Å². The van der Waals surface area contributed by atoms with E-state index in [9.17, 15) is 9.59 Å². The molecule has 178 valence electrons. The minimum absolute atomic E-state index is 0.0363. The second-order valence-corrected chi connectivity index (χ2v) is 8.11. The van der Waals surface area contributed by atoms with Crippen LogP contribution >= 0.6 is 0 Å². The first-order valence-electron chi connectivity index (χ1n) is 11.8. The van der Waals surface area contributed by atoms with Gasteiger partial charge in [-0.2, -0.15) is 0 Å². The van der Waals surface area contributed by atoms with Crippen LogP contribution in [0.4, 0.5) is 4.79 Å². The summed E-state index contributed by atoms with van der Waals surface area (Å²) in [5, 5.41) is 0. The number of hydrogen-bond donors (Lipinski definition) is 0. The first-order chi connectivity index (χ1) is 16.5. The van der Waals surface area contributed by atoms with E-state index >= 15 is 0 Å². The van der Waals surface area contributed by atoms with Crippen LogP contribution in [0.3, 0.4) is 0 Å². The quantitative estimate of drug-likeness (QED) is 0.531. The summed E-state index contributed by atoms with van der Waals surface area (Å²) in [7, 11) is 0. The molecule has 34 heavy (non-hydrogen) atoms. The van der Waals surface area contributed by atoms with Gasteiger partial charge in [0.2, 0.25) is 0 Å². The van der Waals surface area contributed by atoms with Crippen molar-refractivity contribution in [1.29, 1.82) is 0 Å². The number of carbonyl (C=O) groups is 2. The summed E-state index contributed by atoms with van der Waals surface area (Å²) in [5.74, 6) is 0.730. The molecule has 0 aliphatic carbocycles. The maximum Gasteiger partial charge on any atom is 0.409 e. The Morgan fingerprint density at radius 2 is 1.50 bits per heavy atom. The first kappa shape index (κ1) is 23.4. The summed E-state index contributed by atoms with van der Waals surface area (Å²) in [4.78, 5) is 29.1. The van der Waals surface area contributed by atoms with Gasteiger partial charge in [-0.15, -0.1) is 0 Å². The van der Waals surface area contributed by atoms with Crippen LogP contribution in [0.25, 0.3) is 16.9 Å². The van der Waals surface area contributed by atoms with Crippen molar-refractivity contribution in [2.75, 3.05) is 39.4 Å². The summed E-state index contributed by atoms with van der Waals surface area (Å²) < 4.78 is 13.1. The topological polar surface area (TPSA) is 64.0 Å². The molecule has 0 radical (unpaired) electrons. The van der Waals surface area contributed by atoms with E-state index < -0.39 is 0 Å². The molecule has 0 atom stereocenters. The normalized spacial score (nSPS) is 13.6. The highest BCUT2D eigenvalue weighted by Gasteiger charge is 2.29. The molecule has 0 saturated carbocycles. The molecule has 1 fully saturated rings. The number of hydrogen-bond acceptors (Lipinski definition) is 4. The molecule has 2 heterocycles. The number of carbonyl (C=O) groups excluding carboxylic acids is 2. The van der Waals surface area contributed by atoms with Crippen molar-refractivity contribution < 1.29 is 19.1 Å².